The Balaban J connectivity index is 1.30. The van der Waals surface area contributed by atoms with Crippen LogP contribution in [0.25, 0.3) is 62.7 Å². The molecule has 30 atom stereocenters. The highest BCUT2D eigenvalue weighted by Crippen LogP contribution is 2.39. The molecule has 0 aromatic carbocycles. The van der Waals surface area contributed by atoms with Gasteiger partial charge in [0, 0.05) is 48.4 Å². The van der Waals surface area contributed by atoms with Crippen LogP contribution in [0, 0.1) is 0 Å². The first-order chi connectivity index (χ1) is 41.0. The third kappa shape index (κ3) is 16.1. The molecule has 22 saturated heterocycles. The molecule has 0 aromatic heterocycles. The van der Waals surface area contributed by atoms with E-state index >= 15 is 0 Å². The first-order valence-electron chi connectivity index (χ1n) is 26.3. The number of nitrogens with zero attached hydrogens (tertiary/aromatic N) is 18. The summed E-state index contributed by atoms with van der Waals surface area (Å²) >= 11 is 1.47. The minimum absolute atomic E-state index is 0.149. The number of ether oxygens (including phenoxy) is 13. The van der Waals surface area contributed by atoms with E-state index in [2.05, 4.69) is 60.2 Å². The van der Waals surface area contributed by atoms with Crippen LogP contribution < -0.4 is 5.73 Å². The van der Waals surface area contributed by atoms with Gasteiger partial charge >= 0.3 is 0 Å². The molecule has 0 unspecified atom stereocenters. The van der Waals surface area contributed by atoms with E-state index in [0.29, 0.717) is 24.5 Å². The van der Waals surface area contributed by atoms with Crippen LogP contribution in [0.2, 0.25) is 0 Å². The van der Waals surface area contributed by atoms with Gasteiger partial charge in [-0.15, -0.1) is 0 Å². The molecular weight excluding hydrogens is 1170 g/mol. The van der Waals surface area contributed by atoms with Gasteiger partial charge in [0.05, 0.1) is 75.9 Å². The molecule has 44 heteroatoms. The van der Waals surface area contributed by atoms with Crippen LogP contribution in [0.1, 0.15) is 6.42 Å². The fourth-order valence-electron chi connectivity index (χ4n) is 10.4. The lowest BCUT2D eigenvalue weighted by molar-refractivity contribution is -0.399. The number of aliphatic hydroxyl groups is 11. The van der Waals surface area contributed by atoms with E-state index in [-0.39, 0.29) is 6.61 Å². The number of thioether (sulfide) groups is 1. The van der Waals surface area contributed by atoms with Gasteiger partial charge in [-0.1, -0.05) is 30.7 Å². The third-order valence-corrected chi connectivity index (χ3v) is 15.6. The van der Waals surface area contributed by atoms with E-state index in [1.165, 1.54) is 11.8 Å². The zero-order chi connectivity index (χ0) is 61.5. The highest BCUT2D eigenvalue weighted by Gasteiger charge is 2.59. The molecule has 0 spiro atoms. The van der Waals surface area contributed by atoms with Gasteiger partial charge in [-0.25, -0.2) is 0 Å². The van der Waals surface area contributed by atoms with Crippen molar-refractivity contribution in [2.75, 3.05) is 63.9 Å². The monoisotopic (exact) mass is 1240 g/mol. The Bertz CT molecular complexity index is 2470. The number of hydrogen-bond donors (Lipinski definition) is 12. The topological polar surface area (TPSA) is 661 Å². The van der Waals surface area contributed by atoms with Gasteiger partial charge in [-0.2, -0.15) is 11.8 Å². The van der Waals surface area contributed by atoms with Gasteiger partial charge in [0.2, 0.25) is 0 Å². The van der Waals surface area contributed by atoms with E-state index in [1.54, 1.807) is 0 Å². The largest absolute Gasteiger partial charge is 0.387 e. The minimum atomic E-state index is -2.24. The smallest absolute Gasteiger partial charge is 0.187 e. The summed E-state index contributed by atoms with van der Waals surface area (Å²) < 4.78 is 78.3. The normalized spacial score (nSPS) is 44.8. The van der Waals surface area contributed by atoms with Crippen molar-refractivity contribution in [3.63, 3.8) is 0 Å². The van der Waals surface area contributed by atoms with Crippen LogP contribution in [0.4, 0.5) is 0 Å². The molecule has 0 aromatic rings. The Labute approximate surface area is 482 Å². The maximum Gasteiger partial charge on any atom is 0.187 e. The van der Waals surface area contributed by atoms with Crippen LogP contribution in [-0.2, 0) is 61.6 Å². The lowest BCUT2D eigenvalue weighted by Crippen LogP contribution is -2.69. The highest BCUT2D eigenvalue weighted by molar-refractivity contribution is 7.99. The van der Waals surface area contributed by atoms with Crippen molar-refractivity contribution in [3.05, 3.63) is 62.7 Å². The lowest BCUT2D eigenvalue weighted by Gasteiger charge is -2.51. The zero-order valence-corrected chi connectivity index (χ0v) is 45.2. The molecule has 0 aliphatic carbocycles. The molecule has 22 aliphatic heterocycles. The first-order valence-corrected chi connectivity index (χ1v) is 27.4. The summed E-state index contributed by atoms with van der Waals surface area (Å²) in [4.78, 5) is 16.3. The summed E-state index contributed by atoms with van der Waals surface area (Å²) in [7, 11) is 0. The summed E-state index contributed by atoms with van der Waals surface area (Å²) in [5.74, 6) is 1.07. The summed E-state index contributed by atoms with van der Waals surface area (Å²) in [5.41, 5.74) is 61.9. The van der Waals surface area contributed by atoms with Crippen molar-refractivity contribution in [1.82, 2.24) is 0 Å². The average molecular weight is 1240 g/mol. The van der Waals surface area contributed by atoms with E-state index < -0.39 is 224 Å². The molecule has 43 nitrogen and oxygen atoms in total. The number of rotatable bonds is 19. The molecule has 474 valence electrons. The zero-order valence-electron chi connectivity index (χ0n) is 44.4. The van der Waals surface area contributed by atoms with E-state index in [9.17, 15) is 89.4 Å². The van der Waals surface area contributed by atoms with E-state index in [1.807, 2.05) is 0 Å². The van der Waals surface area contributed by atoms with Gasteiger partial charge in [0.1, 0.15) is 110 Å². The maximum absolute atomic E-state index is 12.3. The summed E-state index contributed by atoms with van der Waals surface area (Å²) in [6.07, 6.45) is -59.0. The van der Waals surface area contributed by atoms with Crippen LogP contribution in [0.5, 0.6) is 0 Å². The fraction of sp³-hybridized carbons (Fsp3) is 1.00. The Hall–Kier alpha value is -4.79. The van der Waals surface area contributed by atoms with Gasteiger partial charge in [-0.3, -0.25) is 0 Å². The Morgan fingerprint density at radius 1 is 0.329 bits per heavy atom. The second-order valence-corrected chi connectivity index (χ2v) is 21.1. The standard InChI is InChI=1S/C41H65N19O24S/c42-2-5-85-4-1-3-72-35-28(71)34-17(11-54-60-48)78-41(35)84-33-16(10-53-59-47)77-39(27(70)22(33)65)82-31-14(8-51-57-45)75-37(25(68)20(31)63)80-29-12(6-49-55-43)73-36(23(66)18(29)61)79-30-13(7-50-56-44)74-38(24(67)19(30)62)81-32-15(9-52-58-46)76-40(83-34)26(69)21(32)64/h12-41,61-71H,1-11,42H2/t12-,13-,14-,15-,16-,17-,18-,19-,20-,21-,22-,23-,24-,25-,26-,27-,28+,29-,30-,31-,32-,33-,34-,35-,36-,37-,38-,39-,40-,41-/m1/s1. The summed E-state index contributed by atoms with van der Waals surface area (Å²) in [6, 6.07) is 0. The van der Waals surface area contributed by atoms with E-state index in [0.717, 1.165) is 0 Å². The van der Waals surface area contributed by atoms with Crippen molar-refractivity contribution >= 4 is 11.8 Å². The molecule has 0 amide bonds. The number of hydrogen-bond acceptors (Lipinski definition) is 32. The van der Waals surface area contributed by atoms with Crippen LogP contribution in [0.3, 0.4) is 0 Å². The van der Waals surface area contributed by atoms with Crippen molar-refractivity contribution in [3.8, 4) is 0 Å². The van der Waals surface area contributed by atoms with Gasteiger partial charge in [0.25, 0.3) is 0 Å². The van der Waals surface area contributed by atoms with Crippen LogP contribution >= 0.6 is 11.8 Å². The fourth-order valence-corrected chi connectivity index (χ4v) is 11.1. The summed E-state index contributed by atoms with van der Waals surface area (Å²) in [5, 5.41) is 150. The Morgan fingerprint density at radius 3 is 0.812 bits per heavy atom. The molecule has 12 bridgehead atoms. The molecule has 13 N–H and O–H groups in total. The SMILES string of the molecule is [N-]=[N+]=NC[C@H]1O[C@@H]2O[C@H]3[C@H](O)[C@@H](O)[C@@H](O[C@H]4[C@H](O)[C@@H](O)[C@@H](O[C@H]5[C@H](O)[C@@H](OCCCSCCN)[C@@H](O[C@H]6[C@H](O)[C@@H](O)[C@@H](O[C@H]7[C@H](O)[C@@H](O)[C@@H](O[C@H]1[C@H](O)[C@H]2O)O[C@@H]7CN=[N+]=[N-])O[C@@H]6CN=[N+]=[N-])O[C@@H]5CN=[N+]=[N-])O[C@@H]4CN=[N+]=[N-])O[C@@H]3CN=[N+]=[N-]. The third-order valence-electron chi connectivity index (χ3n) is 14.5. The van der Waals surface area contributed by atoms with Crippen LogP contribution in [0.15, 0.2) is 30.7 Å². The second kappa shape index (κ2) is 32.4. The molecular formula is C41H65N19O24S. The van der Waals surface area contributed by atoms with Crippen molar-refractivity contribution in [2.45, 2.75) is 191 Å². The first kappa shape index (κ1) is 67.7. The molecule has 0 radical (unpaired) electrons. The maximum atomic E-state index is 12.3. The van der Waals surface area contributed by atoms with E-state index in [4.69, 9.17) is 67.3 Å². The molecule has 22 fully saturated rings. The van der Waals surface area contributed by atoms with Crippen molar-refractivity contribution in [1.29, 1.82) is 0 Å². The molecule has 22 rings (SSSR count). The van der Waals surface area contributed by atoms with Crippen LogP contribution in [-0.4, -0.2) is 304 Å². The quantitative estimate of drug-likeness (QED) is 0.0253. The molecule has 22 heterocycles. The van der Waals surface area contributed by atoms with Gasteiger partial charge in [0.15, 0.2) is 37.7 Å². The number of aliphatic hydroxyl groups excluding tert-OH is 11. The van der Waals surface area contributed by atoms with Gasteiger partial charge in [-0.05, 0) is 45.4 Å². The van der Waals surface area contributed by atoms with Crippen molar-refractivity contribution in [2.24, 2.45) is 36.4 Å². The Morgan fingerprint density at radius 2 is 0.565 bits per heavy atom. The number of nitrogens with two attached hydrogens (primary N) is 1. The molecule has 0 saturated carbocycles. The average Bonchev–Trinajstić information content (AvgIpc) is 1.42. The van der Waals surface area contributed by atoms with Gasteiger partial charge < -0.3 is 123 Å². The number of azide groups is 6. The predicted molar refractivity (Wildman–Crippen MR) is 272 cm³/mol. The van der Waals surface area contributed by atoms with Crippen molar-refractivity contribution < 1.29 is 118 Å². The summed E-state index contributed by atoms with van der Waals surface area (Å²) in [6.45, 7) is -4.17. The highest BCUT2D eigenvalue weighted by atomic mass is 32.2. The molecule has 22 aliphatic rings. The lowest BCUT2D eigenvalue weighted by atomic mass is 9.94. The second-order valence-electron chi connectivity index (χ2n) is 19.8. The Kier molecular flexibility index (Phi) is 25.8. The minimum Gasteiger partial charge on any atom is -0.387 e. The molecule has 85 heavy (non-hydrogen) atoms. The predicted octanol–water partition coefficient (Wildman–Crippen LogP) is -4.04.